The molecule has 0 spiro atoms. The van der Waals surface area contributed by atoms with E-state index < -0.39 is 17.7 Å². The predicted molar refractivity (Wildman–Crippen MR) is 198 cm³/mol. The third-order valence-electron chi connectivity index (χ3n) is 11.8. The first kappa shape index (κ1) is 36.1. The molecule has 5 fully saturated rings. The highest BCUT2D eigenvalue weighted by atomic mass is 16.5. The van der Waals surface area contributed by atoms with Gasteiger partial charge in [-0.1, -0.05) is 42.5 Å². The second kappa shape index (κ2) is 15.8. The molecule has 53 heavy (non-hydrogen) atoms. The molecule has 8 rings (SSSR count). The number of carboxylic acid groups (broad SMARTS) is 1. The molecule has 2 N–H and O–H groups in total. The largest absolute Gasteiger partial charge is 0.465 e. The van der Waals surface area contributed by atoms with Crippen LogP contribution in [0, 0.1) is 11.8 Å². The van der Waals surface area contributed by atoms with Crippen molar-refractivity contribution >= 4 is 36.0 Å². The Kier molecular flexibility index (Phi) is 10.8. The van der Waals surface area contributed by atoms with Crippen molar-refractivity contribution in [3.63, 3.8) is 0 Å². The van der Waals surface area contributed by atoms with Gasteiger partial charge in [0.2, 0.25) is 0 Å². The van der Waals surface area contributed by atoms with Crippen LogP contribution in [0.2, 0.25) is 0 Å². The molecule has 0 radical (unpaired) electrons. The molecule has 2 bridgehead atoms. The molecule has 278 valence electrons. The Bertz CT molecular complexity index is 1780. The van der Waals surface area contributed by atoms with Gasteiger partial charge in [-0.25, -0.2) is 9.59 Å². The van der Waals surface area contributed by atoms with Crippen LogP contribution in [0.3, 0.4) is 0 Å². The number of nitrogens with one attached hydrogen (secondary N) is 1. The van der Waals surface area contributed by atoms with E-state index in [9.17, 15) is 29.1 Å². The monoisotopic (exact) mass is 721 g/mol. The smallest absolute Gasteiger partial charge is 0.411 e. The van der Waals surface area contributed by atoms with E-state index >= 15 is 0 Å². The number of ether oxygens (including phenoxy) is 1. The maximum Gasteiger partial charge on any atom is 0.411 e. The molecule has 3 aromatic rings. The molecule has 12 heteroatoms. The number of carbonyl (C=O) groups is 5. The van der Waals surface area contributed by atoms with Crippen molar-refractivity contribution in [1.29, 1.82) is 0 Å². The zero-order valence-corrected chi connectivity index (χ0v) is 29.9. The SMILES string of the molecule is O=Cc1ccc(C(=O)N2CCC(COC(=O)Nc3ccc(C(=O)N4CCC(c5ccccc5)(N(C(=O)O)C5CN6CCC5CC6)CC4)cc3)CC2)cc1. The molecule has 5 aliphatic rings. The summed E-state index contributed by atoms with van der Waals surface area (Å²) in [5, 5.41) is 13.5. The average Bonchev–Trinajstić information content (AvgIpc) is 3.21. The minimum absolute atomic E-state index is 0.0757. The van der Waals surface area contributed by atoms with Gasteiger partial charge in [-0.3, -0.25) is 24.6 Å². The summed E-state index contributed by atoms with van der Waals surface area (Å²) in [4.78, 5) is 70.8. The first-order valence-electron chi connectivity index (χ1n) is 18.7. The van der Waals surface area contributed by atoms with Gasteiger partial charge in [0.05, 0.1) is 18.2 Å². The Balaban J connectivity index is 0.908. The van der Waals surface area contributed by atoms with Gasteiger partial charge in [0.1, 0.15) is 6.29 Å². The van der Waals surface area contributed by atoms with E-state index in [1.54, 1.807) is 63.2 Å². The number of nitrogens with zero attached hydrogens (tertiary/aromatic N) is 4. The Labute approximate surface area is 309 Å². The normalized spacial score (nSPS) is 22.5. The maximum atomic E-state index is 13.7. The van der Waals surface area contributed by atoms with Crippen LogP contribution in [0.1, 0.15) is 75.2 Å². The quantitative estimate of drug-likeness (QED) is 0.264. The summed E-state index contributed by atoms with van der Waals surface area (Å²) in [5.41, 5.74) is 2.32. The second-order valence-electron chi connectivity index (χ2n) is 14.8. The Morgan fingerprint density at radius 2 is 1.36 bits per heavy atom. The van der Waals surface area contributed by atoms with Gasteiger partial charge in [-0.2, -0.15) is 0 Å². The van der Waals surface area contributed by atoms with Crippen LogP contribution in [-0.4, -0.2) is 113 Å². The summed E-state index contributed by atoms with van der Waals surface area (Å²) in [7, 11) is 0. The highest BCUT2D eigenvalue weighted by Crippen LogP contribution is 2.44. The number of likely N-dealkylation sites (tertiary alicyclic amines) is 2. The summed E-state index contributed by atoms with van der Waals surface area (Å²) < 4.78 is 5.51. The van der Waals surface area contributed by atoms with Crippen molar-refractivity contribution in [3.05, 3.63) is 101 Å². The first-order chi connectivity index (χ1) is 25.7. The molecule has 12 nitrogen and oxygen atoms in total. The number of hydrogen-bond acceptors (Lipinski definition) is 7. The fourth-order valence-electron chi connectivity index (χ4n) is 8.78. The molecule has 4 amide bonds. The molecule has 0 saturated carbocycles. The molecule has 3 aromatic carbocycles. The van der Waals surface area contributed by atoms with Crippen LogP contribution >= 0.6 is 0 Å². The lowest BCUT2D eigenvalue weighted by Crippen LogP contribution is -2.65. The van der Waals surface area contributed by atoms with Gasteiger partial charge in [0.25, 0.3) is 11.8 Å². The second-order valence-corrected chi connectivity index (χ2v) is 14.8. The zero-order chi connectivity index (χ0) is 37.0. The number of rotatable bonds is 9. The van der Waals surface area contributed by atoms with E-state index in [1.165, 1.54) is 0 Å². The van der Waals surface area contributed by atoms with Crippen molar-refractivity contribution in [2.24, 2.45) is 11.8 Å². The average molecular weight is 722 g/mol. The van der Waals surface area contributed by atoms with Crippen molar-refractivity contribution in [2.75, 3.05) is 57.7 Å². The zero-order valence-electron chi connectivity index (χ0n) is 29.9. The Morgan fingerprint density at radius 3 is 1.91 bits per heavy atom. The highest BCUT2D eigenvalue weighted by molar-refractivity contribution is 5.96. The predicted octanol–water partition coefficient (Wildman–Crippen LogP) is 5.81. The lowest BCUT2D eigenvalue weighted by atomic mass is 9.75. The van der Waals surface area contributed by atoms with Gasteiger partial charge in [-0.15, -0.1) is 0 Å². The molecule has 5 saturated heterocycles. The minimum atomic E-state index is -0.897. The van der Waals surface area contributed by atoms with E-state index in [0.717, 1.165) is 44.3 Å². The number of piperidine rings is 5. The van der Waals surface area contributed by atoms with Crippen LogP contribution in [0.4, 0.5) is 15.3 Å². The molecule has 5 aliphatic heterocycles. The number of aldehydes is 1. The van der Waals surface area contributed by atoms with Gasteiger partial charge < -0.3 is 24.5 Å². The summed E-state index contributed by atoms with van der Waals surface area (Å²) in [5.74, 6) is 0.266. The first-order valence-corrected chi connectivity index (χ1v) is 18.7. The number of carbonyl (C=O) groups excluding carboxylic acids is 4. The summed E-state index contributed by atoms with van der Waals surface area (Å²) in [6.45, 7) is 5.00. The van der Waals surface area contributed by atoms with Crippen LogP contribution in [0.15, 0.2) is 78.9 Å². The Hall–Kier alpha value is -5.23. The van der Waals surface area contributed by atoms with Gasteiger partial charge >= 0.3 is 12.2 Å². The van der Waals surface area contributed by atoms with E-state index in [1.807, 2.05) is 30.3 Å². The van der Waals surface area contributed by atoms with Gasteiger partial charge in [0.15, 0.2) is 0 Å². The fraction of sp³-hybridized carbons (Fsp3) is 0.439. The van der Waals surface area contributed by atoms with Crippen molar-refractivity contribution in [2.45, 2.75) is 50.1 Å². The van der Waals surface area contributed by atoms with Crippen LogP contribution in [0.25, 0.3) is 0 Å². The summed E-state index contributed by atoms with van der Waals surface area (Å²) in [6, 6.07) is 23.2. The fourth-order valence-corrected chi connectivity index (χ4v) is 8.78. The molecule has 0 aliphatic carbocycles. The third kappa shape index (κ3) is 7.78. The number of benzene rings is 3. The van der Waals surface area contributed by atoms with Crippen LogP contribution < -0.4 is 5.32 Å². The lowest BCUT2D eigenvalue weighted by molar-refractivity contribution is -0.0573. The molecule has 5 heterocycles. The van der Waals surface area contributed by atoms with E-state index in [0.29, 0.717) is 80.2 Å². The summed E-state index contributed by atoms with van der Waals surface area (Å²) in [6.07, 6.45) is 3.72. The molecule has 1 atom stereocenters. The minimum Gasteiger partial charge on any atom is -0.465 e. The Morgan fingerprint density at radius 1 is 0.774 bits per heavy atom. The molecule has 0 aromatic heterocycles. The standard InChI is InChI=1S/C41H47N5O7/c47-27-29-6-8-32(9-7-29)37(48)44-22-14-30(15-23-44)28-53-39(50)42-35-12-10-33(11-13-35)38(49)45-24-18-41(19-25-45,34-4-2-1-3-5-34)46(40(51)52)36-26-43-20-16-31(36)17-21-43/h1-13,27,30-31,36H,14-26,28H2,(H,42,50)(H,51,52). The lowest BCUT2D eigenvalue weighted by Gasteiger charge is -2.56. The molecular weight excluding hydrogens is 674 g/mol. The molecule has 1 unspecified atom stereocenters. The number of amides is 4. The number of hydrogen-bond donors (Lipinski definition) is 2. The van der Waals surface area contributed by atoms with E-state index in [2.05, 4.69) is 10.2 Å². The molecular formula is C41H47N5O7. The van der Waals surface area contributed by atoms with Crippen molar-refractivity contribution in [3.8, 4) is 0 Å². The van der Waals surface area contributed by atoms with Gasteiger partial charge in [-0.05, 0) is 105 Å². The number of fused-ring (bicyclic) bond motifs is 3. The third-order valence-corrected chi connectivity index (χ3v) is 11.8. The van der Waals surface area contributed by atoms with Crippen molar-refractivity contribution in [1.82, 2.24) is 19.6 Å². The van der Waals surface area contributed by atoms with Crippen LogP contribution in [0.5, 0.6) is 0 Å². The highest BCUT2D eigenvalue weighted by Gasteiger charge is 2.51. The van der Waals surface area contributed by atoms with Gasteiger partial charge in [0, 0.05) is 55.1 Å². The number of anilines is 1. The van der Waals surface area contributed by atoms with E-state index in [-0.39, 0.29) is 30.4 Å². The van der Waals surface area contributed by atoms with Crippen molar-refractivity contribution < 1.29 is 33.8 Å². The summed E-state index contributed by atoms with van der Waals surface area (Å²) >= 11 is 0. The maximum absolute atomic E-state index is 13.7. The topological polar surface area (TPSA) is 140 Å². The van der Waals surface area contributed by atoms with Crippen LogP contribution in [-0.2, 0) is 10.3 Å². The van der Waals surface area contributed by atoms with E-state index in [4.69, 9.17) is 4.74 Å².